The van der Waals surface area contributed by atoms with Gasteiger partial charge in [-0.3, -0.25) is 4.79 Å². The molecule has 0 aromatic heterocycles. The van der Waals surface area contributed by atoms with E-state index in [-0.39, 0.29) is 22.4 Å². The van der Waals surface area contributed by atoms with Gasteiger partial charge >= 0.3 is 0 Å². The van der Waals surface area contributed by atoms with Crippen LogP contribution >= 0.6 is 23.2 Å². The van der Waals surface area contributed by atoms with Crippen molar-refractivity contribution >= 4 is 44.8 Å². The van der Waals surface area contributed by atoms with Gasteiger partial charge < -0.3 is 5.32 Å². The van der Waals surface area contributed by atoms with Crippen LogP contribution in [0.15, 0.2) is 47.4 Å². The maximum atomic E-state index is 13.0. The van der Waals surface area contributed by atoms with Crippen LogP contribution in [0, 0.1) is 12.8 Å². The van der Waals surface area contributed by atoms with Crippen LogP contribution in [0.5, 0.6) is 0 Å². The van der Waals surface area contributed by atoms with E-state index < -0.39 is 15.9 Å². The van der Waals surface area contributed by atoms with Crippen molar-refractivity contribution in [3.05, 3.63) is 58.1 Å². The Labute approximate surface area is 169 Å². The Morgan fingerprint density at radius 3 is 2.67 bits per heavy atom. The molecule has 144 valence electrons. The molecule has 0 aliphatic carbocycles. The molecule has 0 bridgehead atoms. The second kappa shape index (κ2) is 8.19. The topological polar surface area (TPSA) is 66.5 Å². The fraction of sp³-hybridized carbons (Fsp3) is 0.316. The van der Waals surface area contributed by atoms with Crippen LogP contribution < -0.4 is 5.32 Å². The van der Waals surface area contributed by atoms with Gasteiger partial charge in [0.25, 0.3) is 0 Å². The Hall–Kier alpha value is -1.60. The van der Waals surface area contributed by atoms with E-state index in [2.05, 4.69) is 5.32 Å². The third-order valence-electron chi connectivity index (χ3n) is 4.67. The number of aryl methyl sites for hydroxylation is 1. The van der Waals surface area contributed by atoms with Crippen LogP contribution in [0.2, 0.25) is 10.0 Å². The minimum Gasteiger partial charge on any atom is -0.326 e. The number of nitrogens with one attached hydrogen (secondary N) is 1. The highest BCUT2D eigenvalue weighted by molar-refractivity contribution is 7.89. The summed E-state index contributed by atoms with van der Waals surface area (Å²) in [7, 11) is -3.83. The number of amides is 1. The van der Waals surface area contributed by atoms with Crippen molar-refractivity contribution in [3.8, 4) is 0 Å². The van der Waals surface area contributed by atoms with Gasteiger partial charge in [0.2, 0.25) is 15.9 Å². The lowest BCUT2D eigenvalue weighted by Gasteiger charge is -2.31. The number of nitrogens with zero attached hydrogens (tertiary/aromatic N) is 1. The van der Waals surface area contributed by atoms with Gasteiger partial charge in [-0.05, 0) is 49.6 Å². The summed E-state index contributed by atoms with van der Waals surface area (Å²) in [6, 6.07) is 11.8. The second-order valence-corrected chi connectivity index (χ2v) is 9.33. The first-order valence-corrected chi connectivity index (χ1v) is 10.8. The maximum Gasteiger partial charge on any atom is 0.244 e. The Balaban J connectivity index is 1.78. The van der Waals surface area contributed by atoms with Crippen LogP contribution in [0.4, 0.5) is 5.69 Å². The number of benzene rings is 2. The SMILES string of the molecule is Cc1ccccc1NC(=O)[C@@H]1CCCN(S(=O)(=O)c2cc(Cl)ccc2Cl)C1. The molecule has 8 heteroatoms. The summed E-state index contributed by atoms with van der Waals surface area (Å²) in [4.78, 5) is 12.6. The molecule has 1 aliphatic rings. The molecule has 2 aromatic rings. The molecule has 0 radical (unpaired) electrons. The largest absolute Gasteiger partial charge is 0.326 e. The van der Waals surface area contributed by atoms with Gasteiger partial charge in [-0.15, -0.1) is 0 Å². The Bertz CT molecular complexity index is 963. The number of sulfonamides is 1. The third kappa shape index (κ3) is 4.46. The van der Waals surface area contributed by atoms with Crippen molar-refractivity contribution in [2.75, 3.05) is 18.4 Å². The average molecular weight is 427 g/mol. The summed E-state index contributed by atoms with van der Waals surface area (Å²) < 4.78 is 27.3. The fourth-order valence-corrected chi connectivity index (χ4v) is 5.40. The Morgan fingerprint density at radius 2 is 1.93 bits per heavy atom. The van der Waals surface area contributed by atoms with Gasteiger partial charge in [-0.1, -0.05) is 41.4 Å². The summed E-state index contributed by atoms with van der Waals surface area (Å²) in [5, 5.41) is 3.32. The first-order valence-electron chi connectivity index (χ1n) is 8.61. The van der Waals surface area contributed by atoms with Crippen molar-refractivity contribution < 1.29 is 13.2 Å². The number of carbonyl (C=O) groups is 1. The summed E-state index contributed by atoms with van der Waals surface area (Å²) in [6.07, 6.45) is 1.23. The quantitative estimate of drug-likeness (QED) is 0.790. The third-order valence-corrected chi connectivity index (χ3v) is 7.25. The average Bonchev–Trinajstić information content (AvgIpc) is 2.65. The molecule has 0 spiro atoms. The van der Waals surface area contributed by atoms with Crippen LogP contribution in [0.3, 0.4) is 0 Å². The van der Waals surface area contributed by atoms with Crippen molar-refractivity contribution in [1.29, 1.82) is 0 Å². The van der Waals surface area contributed by atoms with Crippen molar-refractivity contribution in [2.24, 2.45) is 5.92 Å². The van der Waals surface area contributed by atoms with Gasteiger partial charge in [0, 0.05) is 23.8 Å². The molecule has 5 nitrogen and oxygen atoms in total. The van der Waals surface area contributed by atoms with Gasteiger partial charge in [0.05, 0.1) is 10.9 Å². The molecule has 1 aliphatic heterocycles. The zero-order valence-electron chi connectivity index (χ0n) is 14.8. The molecule has 3 rings (SSSR count). The monoisotopic (exact) mass is 426 g/mol. The van der Waals surface area contributed by atoms with E-state index in [1.54, 1.807) is 0 Å². The number of halogens is 2. The van der Waals surface area contributed by atoms with Crippen molar-refractivity contribution in [1.82, 2.24) is 4.31 Å². The summed E-state index contributed by atoms with van der Waals surface area (Å²) in [6.45, 7) is 2.37. The fourth-order valence-electron chi connectivity index (χ4n) is 3.14. The van der Waals surface area contributed by atoms with E-state index in [1.165, 1.54) is 22.5 Å². The molecule has 0 saturated carbocycles. The van der Waals surface area contributed by atoms with Gasteiger partial charge in [0.1, 0.15) is 4.90 Å². The van der Waals surface area contributed by atoms with Crippen LogP contribution in [0.25, 0.3) is 0 Å². The minimum absolute atomic E-state index is 0.0309. The Morgan fingerprint density at radius 1 is 1.19 bits per heavy atom. The molecule has 1 N–H and O–H groups in total. The first kappa shape index (κ1) is 20.1. The van der Waals surface area contributed by atoms with E-state index in [4.69, 9.17) is 23.2 Å². The number of rotatable bonds is 4. The highest BCUT2D eigenvalue weighted by atomic mass is 35.5. The molecule has 1 heterocycles. The zero-order chi connectivity index (χ0) is 19.6. The van der Waals surface area contributed by atoms with E-state index >= 15 is 0 Å². The lowest BCUT2D eigenvalue weighted by atomic mass is 9.98. The normalized spacial score (nSPS) is 18.3. The summed E-state index contributed by atoms with van der Waals surface area (Å²) >= 11 is 12.0. The highest BCUT2D eigenvalue weighted by Gasteiger charge is 2.34. The van der Waals surface area contributed by atoms with Crippen LogP contribution in [-0.4, -0.2) is 31.7 Å². The lowest BCUT2D eigenvalue weighted by molar-refractivity contribution is -0.120. The highest BCUT2D eigenvalue weighted by Crippen LogP contribution is 2.30. The molecule has 1 atom stereocenters. The van der Waals surface area contributed by atoms with Gasteiger partial charge in [0.15, 0.2) is 0 Å². The molecule has 2 aromatic carbocycles. The van der Waals surface area contributed by atoms with Gasteiger partial charge in [-0.25, -0.2) is 8.42 Å². The van der Waals surface area contributed by atoms with E-state index in [1.807, 2.05) is 31.2 Å². The van der Waals surface area contributed by atoms with Gasteiger partial charge in [-0.2, -0.15) is 4.31 Å². The molecule has 1 saturated heterocycles. The van der Waals surface area contributed by atoms with E-state index in [0.29, 0.717) is 24.4 Å². The predicted molar refractivity (Wildman–Crippen MR) is 108 cm³/mol. The number of hydrogen-bond acceptors (Lipinski definition) is 3. The molecule has 27 heavy (non-hydrogen) atoms. The van der Waals surface area contributed by atoms with Crippen LogP contribution in [0.1, 0.15) is 18.4 Å². The lowest BCUT2D eigenvalue weighted by Crippen LogP contribution is -2.43. The smallest absolute Gasteiger partial charge is 0.244 e. The maximum absolute atomic E-state index is 13.0. The molecular formula is C19H20Cl2N2O3S. The Kier molecular flexibility index (Phi) is 6.11. The summed E-state index contributed by atoms with van der Waals surface area (Å²) in [5.41, 5.74) is 1.69. The summed E-state index contributed by atoms with van der Waals surface area (Å²) in [5.74, 6) is -0.604. The minimum atomic E-state index is -3.83. The molecule has 1 amide bonds. The number of piperidine rings is 1. The molecular weight excluding hydrogens is 407 g/mol. The molecule has 0 unspecified atom stereocenters. The number of para-hydroxylation sites is 1. The van der Waals surface area contributed by atoms with E-state index in [9.17, 15) is 13.2 Å². The van der Waals surface area contributed by atoms with Crippen molar-refractivity contribution in [3.63, 3.8) is 0 Å². The van der Waals surface area contributed by atoms with E-state index in [0.717, 1.165) is 11.3 Å². The number of anilines is 1. The second-order valence-electron chi connectivity index (χ2n) is 6.58. The van der Waals surface area contributed by atoms with Crippen molar-refractivity contribution in [2.45, 2.75) is 24.7 Å². The number of hydrogen-bond donors (Lipinski definition) is 1. The predicted octanol–water partition coefficient (Wildman–Crippen LogP) is 4.34. The zero-order valence-corrected chi connectivity index (χ0v) is 17.1. The first-order chi connectivity index (χ1) is 12.8. The standard InChI is InChI=1S/C19H20Cl2N2O3S/c1-13-5-2-3-7-17(13)22-19(24)14-6-4-10-23(12-14)27(25,26)18-11-15(20)8-9-16(18)21/h2-3,5,7-9,11,14H,4,6,10,12H2,1H3,(H,22,24)/t14-/m1/s1. The molecule has 1 fully saturated rings. The van der Waals surface area contributed by atoms with Crippen LogP contribution in [-0.2, 0) is 14.8 Å². The number of carbonyl (C=O) groups excluding carboxylic acids is 1.